The van der Waals surface area contributed by atoms with Crippen molar-refractivity contribution in [1.82, 2.24) is 5.32 Å². The summed E-state index contributed by atoms with van der Waals surface area (Å²) >= 11 is 0. The molecule has 1 aliphatic carbocycles. The number of rotatable bonds is 4. The van der Waals surface area contributed by atoms with Gasteiger partial charge in [-0.15, -0.1) is 0 Å². The van der Waals surface area contributed by atoms with Gasteiger partial charge in [0.1, 0.15) is 0 Å². The summed E-state index contributed by atoms with van der Waals surface area (Å²) < 4.78 is 0. The van der Waals surface area contributed by atoms with Crippen molar-refractivity contribution in [3.05, 3.63) is 35.4 Å². The molecule has 3 atom stereocenters. The quantitative estimate of drug-likeness (QED) is 0.874. The van der Waals surface area contributed by atoms with Crippen LogP contribution in [0.5, 0.6) is 0 Å². The lowest BCUT2D eigenvalue weighted by molar-refractivity contribution is 0.1000. The molecule has 1 aliphatic rings. The molecule has 0 heterocycles. The maximum atomic E-state index is 11.2. The van der Waals surface area contributed by atoms with Crippen molar-refractivity contribution in [3.63, 3.8) is 0 Å². The lowest BCUT2D eigenvalue weighted by Gasteiger charge is -2.33. The van der Waals surface area contributed by atoms with Gasteiger partial charge in [0.05, 0.1) is 0 Å². The van der Waals surface area contributed by atoms with Gasteiger partial charge in [0.15, 0.2) is 0 Å². The van der Waals surface area contributed by atoms with E-state index >= 15 is 0 Å². The summed E-state index contributed by atoms with van der Waals surface area (Å²) in [5.41, 5.74) is 7.02. The van der Waals surface area contributed by atoms with Crippen molar-refractivity contribution < 1.29 is 4.79 Å². The molecule has 1 saturated carbocycles. The largest absolute Gasteiger partial charge is 0.366 e. The van der Waals surface area contributed by atoms with Gasteiger partial charge in [0.2, 0.25) is 5.91 Å². The van der Waals surface area contributed by atoms with E-state index in [9.17, 15) is 4.79 Å². The van der Waals surface area contributed by atoms with Gasteiger partial charge in [-0.1, -0.05) is 32.4 Å². The molecule has 0 radical (unpaired) electrons. The molecular formula is C16H24N2O. The zero-order chi connectivity index (χ0) is 13.8. The van der Waals surface area contributed by atoms with Crippen molar-refractivity contribution in [3.8, 4) is 0 Å². The summed E-state index contributed by atoms with van der Waals surface area (Å²) in [5.74, 6) is 1.18. The predicted molar refractivity (Wildman–Crippen MR) is 77.8 cm³/mol. The molecule has 19 heavy (non-hydrogen) atoms. The topological polar surface area (TPSA) is 55.1 Å². The van der Waals surface area contributed by atoms with E-state index in [0.717, 1.165) is 23.9 Å². The summed E-state index contributed by atoms with van der Waals surface area (Å²) in [5, 5.41) is 3.63. The van der Waals surface area contributed by atoms with Gasteiger partial charge in [-0.2, -0.15) is 0 Å². The van der Waals surface area contributed by atoms with Crippen molar-refractivity contribution in [1.29, 1.82) is 0 Å². The first-order valence-corrected chi connectivity index (χ1v) is 7.18. The molecule has 0 spiro atoms. The molecule has 3 unspecified atom stereocenters. The van der Waals surface area contributed by atoms with Crippen LogP contribution in [0, 0.1) is 11.8 Å². The molecule has 0 bridgehead atoms. The van der Waals surface area contributed by atoms with E-state index in [1.165, 1.54) is 19.3 Å². The third-order valence-corrected chi connectivity index (χ3v) is 4.24. The minimum atomic E-state index is -0.360. The molecule has 0 saturated heterocycles. The van der Waals surface area contributed by atoms with E-state index in [4.69, 9.17) is 5.73 Å². The highest BCUT2D eigenvalue weighted by atomic mass is 16.1. The standard InChI is InChI=1S/C16H24N2O/c1-11-6-7-12(2)15(8-11)18-10-13-4-3-5-14(9-13)16(17)19/h3-5,9,11-12,15,18H,6-8,10H2,1-2H3,(H2,17,19). The molecule has 2 rings (SSSR count). The minimum absolute atomic E-state index is 0.360. The number of nitrogens with one attached hydrogen (secondary N) is 1. The number of hydrogen-bond donors (Lipinski definition) is 2. The van der Waals surface area contributed by atoms with Gasteiger partial charge < -0.3 is 11.1 Å². The second-order valence-electron chi connectivity index (χ2n) is 5.95. The fourth-order valence-corrected chi connectivity index (χ4v) is 2.90. The Balaban J connectivity index is 1.94. The first-order valence-electron chi connectivity index (χ1n) is 7.18. The Morgan fingerprint density at radius 2 is 2.16 bits per heavy atom. The van der Waals surface area contributed by atoms with Gasteiger partial charge in [-0.25, -0.2) is 0 Å². The van der Waals surface area contributed by atoms with Crippen molar-refractivity contribution in [2.75, 3.05) is 0 Å². The zero-order valence-electron chi connectivity index (χ0n) is 11.9. The number of nitrogens with two attached hydrogens (primary N) is 1. The van der Waals surface area contributed by atoms with E-state index in [2.05, 4.69) is 19.2 Å². The second kappa shape index (κ2) is 6.20. The van der Waals surface area contributed by atoms with Gasteiger partial charge in [-0.3, -0.25) is 4.79 Å². The number of carbonyl (C=O) groups is 1. The Morgan fingerprint density at radius 1 is 1.37 bits per heavy atom. The first kappa shape index (κ1) is 14.1. The van der Waals surface area contributed by atoms with E-state index in [1.807, 2.05) is 18.2 Å². The third kappa shape index (κ3) is 3.80. The summed E-state index contributed by atoms with van der Waals surface area (Å²) in [4.78, 5) is 11.2. The van der Waals surface area contributed by atoms with Gasteiger partial charge in [-0.05, 0) is 42.4 Å². The van der Waals surface area contributed by atoms with Crippen LogP contribution < -0.4 is 11.1 Å². The summed E-state index contributed by atoms with van der Waals surface area (Å²) in [6, 6.07) is 8.16. The highest BCUT2D eigenvalue weighted by Gasteiger charge is 2.24. The number of primary amides is 1. The Bertz CT molecular complexity index is 444. The average molecular weight is 260 g/mol. The number of hydrogen-bond acceptors (Lipinski definition) is 2. The maximum absolute atomic E-state index is 11.2. The van der Waals surface area contributed by atoms with Crippen LogP contribution in [0.25, 0.3) is 0 Å². The first-order chi connectivity index (χ1) is 9.06. The Labute approximate surface area is 115 Å². The second-order valence-corrected chi connectivity index (χ2v) is 5.95. The van der Waals surface area contributed by atoms with Crippen LogP contribution in [-0.4, -0.2) is 11.9 Å². The molecule has 1 amide bonds. The van der Waals surface area contributed by atoms with E-state index in [1.54, 1.807) is 6.07 Å². The Morgan fingerprint density at radius 3 is 2.89 bits per heavy atom. The lowest BCUT2D eigenvalue weighted by atomic mass is 9.80. The molecule has 1 fully saturated rings. The highest BCUT2D eigenvalue weighted by molar-refractivity contribution is 5.92. The highest BCUT2D eigenvalue weighted by Crippen LogP contribution is 2.28. The maximum Gasteiger partial charge on any atom is 0.248 e. The van der Waals surface area contributed by atoms with Crippen LogP contribution in [0.15, 0.2) is 24.3 Å². The molecule has 3 nitrogen and oxygen atoms in total. The normalized spacial score (nSPS) is 27.2. The van der Waals surface area contributed by atoms with Crippen LogP contribution in [0.3, 0.4) is 0 Å². The molecule has 1 aromatic rings. The van der Waals surface area contributed by atoms with Gasteiger partial charge in [0, 0.05) is 18.2 Å². The molecule has 104 valence electrons. The Kier molecular flexibility index (Phi) is 4.59. The van der Waals surface area contributed by atoms with Crippen molar-refractivity contribution >= 4 is 5.91 Å². The third-order valence-electron chi connectivity index (χ3n) is 4.24. The molecule has 0 aliphatic heterocycles. The number of amides is 1. The summed E-state index contributed by atoms with van der Waals surface area (Å²) in [7, 11) is 0. The van der Waals surface area contributed by atoms with Crippen LogP contribution in [0.4, 0.5) is 0 Å². The zero-order valence-corrected chi connectivity index (χ0v) is 11.9. The van der Waals surface area contributed by atoms with Gasteiger partial charge >= 0.3 is 0 Å². The molecule has 0 aromatic heterocycles. The van der Waals surface area contributed by atoms with E-state index in [-0.39, 0.29) is 5.91 Å². The average Bonchev–Trinajstić information content (AvgIpc) is 2.40. The summed E-state index contributed by atoms with van der Waals surface area (Å²) in [6.45, 7) is 5.46. The predicted octanol–water partition coefficient (Wildman–Crippen LogP) is 2.70. The molecule has 3 N–H and O–H groups in total. The van der Waals surface area contributed by atoms with E-state index < -0.39 is 0 Å². The fraction of sp³-hybridized carbons (Fsp3) is 0.562. The van der Waals surface area contributed by atoms with Gasteiger partial charge in [0.25, 0.3) is 0 Å². The van der Waals surface area contributed by atoms with Crippen molar-refractivity contribution in [2.45, 2.75) is 45.7 Å². The van der Waals surface area contributed by atoms with Crippen LogP contribution in [0.1, 0.15) is 49.0 Å². The monoisotopic (exact) mass is 260 g/mol. The van der Waals surface area contributed by atoms with Crippen LogP contribution in [-0.2, 0) is 6.54 Å². The van der Waals surface area contributed by atoms with Crippen LogP contribution >= 0.6 is 0 Å². The van der Waals surface area contributed by atoms with E-state index in [0.29, 0.717) is 11.6 Å². The van der Waals surface area contributed by atoms with Crippen LogP contribution in [0.2, 0.25) is 0 Å². The number of carbonyl (C=O) groups excluding carboxylic acids is 1. The minimum Gasteiger partial charge on any atom is -0.366 e. The van der Waals surface area contributed by atoms with Crippen molar-refractivity contribution in [2.24, 2.45) is 17.6 Å². The number of benzene rings is 1. The SMILES string of the molecule is CC1CCC(C)C(NCc2cccc(C(N)=O)c2)C1. The Hall–Kier alpha value is -1.35. The smallest absolute Gasteiger partial charge is 0.248 e. The molecule has 3 heteroatoms. The molecule has 1 aromatic carbocycles. The lowest BCUT2D eigenvalue weighted by Crippen LogP contribution is -2.39. The summed E-state index contributed by atoms with van der Waals surface area (Å²) in [6.07, 6.45) is 3.90. The fourth-order valence-electron chi connectivity index (χ4n) is 2.90. The molecular weight excluding hydrogens is 236 g/mol.